The van der Waals surface area contributed by atoms with Gasteiger partial charge in [0.25, 0.3) is 5.91 Å². The monoisotopic (exact) mass is 288 g/mol. The molecular weight excluding hydrogens is 264 g/mol. The molecule has 1 aromatic carbocycles. The van der Waals surface area contributed by atoms with E-state index in [0.29, 0.717) is 26.3 Å². The molecule has 4 nitrogen and oxygen atoms in total. The highest BCUT2D eigenvalue weighted by Crippen LogP contribution is 2.14. The van der Waals surface area contributed by atoms with Gasteiger partial charge in [-0.15, -0.1) is 0 Å². The number of hydrogen-bond acceptors (Lipinski definition) is 3. The molecule has 0 aliphatic carbocycles. The first-order chi connectivity index (χ1) is 10.3. The van der Waals surface area contributed by atoms with E-state index in [4.69, 9.17) is 4.74 Å². The van der Waals surface area contributed by atoms with Gasteiger partial charge < -0.3 is 9.64 Å². The van der Waals surface area contributed by atoms with Crippen LogP contribution in [0.2, 0.25) is 0 Å². The normalized spacial score (nSPS) is 20.5. The first-order valence-electron chi connectivity index (χ1n) is 8.01. The summed E-state index contributed by atoms with van der Waals surface area (Å²) in [5.74, 6) is 0.128. The topological polar surface area (TPSA) is 32.8 Å². The summed E-state index contributed by atoms with van der Waals surface area (Å²) in [5.41, 5.74) is 2.09. The average molecular weight is 288 g/mol. The van der Waals surface area contributed by atoms with Crippen LogP contribution in [-0.2, 0) is 11.3 Å². The summed E-state index contributed by atoms with van der Waals surface area (Å²) in [6.07, 6.45) is 3.99. The zero-order chi connectivity index (χ0) is 14.5. The van der Waals surface area contributed by atoms with E-state index in [0.717, 1.165) is 12.1 Å². The Kier molecular flexibility index (Phi) is 4.88. The van der Waals surface area contributed by atoms with Crippen LogP contribution in [0.4, 0.5) is 0 Å². The fourth-order valence-corrected chi connectivity index (χ4v) is 3.08. The third kappa shape index (κ3) is 3.83. The first-order valence-corrected chi connectivity index (χ1v) is 8.01. The Morgan fingerprint density at radius 2 is 1.62 bits per heavy atom. The quantitative estimate of drug-likeness (QED) is 0.854. The average Bonchev–Trinajstić information content (AvgIpc) is 2.57. The SMILES string of the molecule is O=C(c1ccc(CN2CCCCC2)cc1)N1CCOCC1. The lowest BCUT2D eigenvalue weighted by atomic mass is 10.1. The summed E-state index contributed by atoms with van der Waals surface area (Å²) < 4.78 is 5.29. The molecule has 2 aliphatic heterocycles. The van der Waals surface area contributed by atoms with Crippen molar-refractivity contribution in [3.63, 3.8) is 0 Å². The number of carbonyl (C=O) groups is 1. The lowest BCUT2D eigenvalue weighted by Gasteiger charge is -2.27. The summed E-state index contributed by atoms with van der Waals surface area (Å²) >= 11 is 0. The van der Waals surface area contributed by atoms with Gasteiger partial charge in [0.05, 0.1) is 13.2 Å². The second-order valence-corrected chi connectivity index (χ2v) is 5.94. The largest absolute Gasteiger partial charge is 0.378 e. The Balaban J connectivity index is 1.59. The molecule has 0 radical (unpaired) electrons. The molecule has 2 saturated heterocycles. The van der Waals surface area contributed by atoms with E-state index in [9.17, 15) is 4.79 Å². The van der Waals surface area contributed by atoms with E-state index in [1.165, 1.54) is 37.9 Å². The molecule has 0 bridgehead atoms. The molecule has 1 amide bonds. The molecular formula is C17H24N2O2. The minimum absolute atomic E-state index is 0.128. The number of hydrogen-bond donors (Lipinski definition) is 0. The van der Waals surface area contributed by atoms with Gasteiger partial charge in [0, 0.05) is 25.2 Å². The zero-order valence-electron chi connectivity index (χ0n) is 12.6. The van der Waals surface area contributed by atoms with Crippen LogP contribution in [0, 0.1) is 0 Å². The Morgan fingerprint density at radius 1 is 0.952 bits per heavy atom. The number of nitrogens with zero attached hydrogens (tertiary/aromatic N) is 2. The van der Waals surface area contributed by atoms with Gasteiger partial charge in [0.15, 0.2) is 0 Å². The molecule has 2 heterocycles. The Bertz CT molecular complexity index is 460. The van der Waals surface area contributed by atoms with Crippen molar-refractivity contribution in [1.29, 1.82) is 0 Å². The number of likely N-dealkylation sites (tertiary alicyclic amines) is 1. The van der Waals surface area contributed by atoms with Crippen LogP contribution in [0.1, 0.15) is 35.2 Å². The smallest absolute Gasteiger partial charge is 0.254 e. The van der Waals surface area contributed by atoms with E-state index in [-0.39, 0.29) is 5.91 Å². The van der Waals surface area contributed by atoms with Crippen molar-refractivity contribution in [2.75, 3.05) is 39.4 Å². The molecule has 0 saturated carbocycles. The van der Waals surface area contributed by atoms with Gasteiger partial charge in [0.1, 0.15) is 0 Å². The van der Waals surface area contributed by atoms with Crippen LogP contribution >= 0.6 is 0 Å². The minimum atomic E-state index is 0.128. The van der Waals surface area contributed by atoms with Crippen molar-refractivity contribution in [1.82, 2.24) is 9.80 Å². The molecule has 0 spiro atoms. The minimum Gasteiger partial charge on any atom is -0.378 e. The van der Waals surface area contributed by atoms with Crippen molar-refractivity contribution < 1.29 is 9.53 Å². The third-order valence-corrected chi connectivity index (χ3v) is 4.35. The Labute approximate surface area is 126 Å². The molecule has 3 rings (SSSR count). The van der Waals surface area contributed by atoms with Crippen molar-refractivity contribution in [3.05, 3.63) is 35.4 Å². The van der Waals surface area contributed by atoms with Crippen molar-refractivity contribution >= 4 is 5.91 Å². The molecule has 2 fully saturated rings. The summed E-state index contributed by atoms with van der Waals surface area (Å²) in [6, 6.07) is 8.14. The van der Waals surface area contributed by atoms with Crippen LogP contribution < -0.4 is 0 Å². The van der Waals surface area contributed by atoms with E-state index < -0.39 is 0 Å². The lowest BCUT2D eigenvalue weighted by Crippen LogP contribution is -2.40. The predicted octanol–water partition coefficient (Wildman–Crippen LogP) is 2.14. The van der Waals surface area contributed by atoms with Gasteiger partial charge >= 0.3 is 0 Å². The molecule has 0 N–H and O–H groups in total. The van der Waals surface area contributed by atoms with E-state index in [1.807, 2.05) is 17.0 Å². The molecule has 1 aromatic rings. The predicted molar refractivity (Wildman–Crippen MR) is 82.3 cm³/mol. The highest BCUT2D eigenvalue weighted by Gasteiger charge is 2.18. The number of ether oxygens (including phenoxy) is 1. The molecule has 2 aliphatic rings. The number of benzene rings is 1. The standard InChI is InChI=1S/C17H24N2O2/c20-17(19-10-12-21-13-11-19)16-6-4-15(5-7-16)14-18-8-2-1-3-9-18/h4-7H,1-3,8-14H2. The molecule has 0 aromatic heterocycles. The maximum Gasteiger partial charge on any atom is 0.254 e. The van der Waals surface area contributed by atoms with Crippen LogP contribution in [0.3, 0.4) is 0 Å². The molecule has 21 heavy (non-hydrogen) atoms. The molecule has 4 heteroatoms. The maximum absolute atomic E-state index is 12.4. The van der Waals surface area contributed by atoms with Crippen LogP contribution in [0.5, 0.6) is 0 Å². The van der Waals surface area contributed by atoms with Gasteiger partial charge in [-0.05, 0) is 43.6 Å². The summed E-state index contributed by atoms with van der Waals surface area (Å²) in [4.78, 5) is 16.7. The highest BCUT2D eigenvalue weighted by atomic mass is 16.5. The van der Waals surface area contributed by atoms with Crippen molar-refractivity contribution in [2.24, 2.45) is 0 Å². The first kappa shape index (κ1) is 14.5. The number of carbonyl (C=O) groups excluding carboxylic acids is 1. The van der Waals surface area contributed by atoms with Gasteiger partial charge in [-0.1, -0.05) is 18.6 Å². The maximum atomic E-state index is 12.4. The molecule has 0 atom stereocenters. The zero-order valence-corrected chi connectivity index (χ0v) is 12.6. The van der Waals surface area contributed by atoms with Gasteiger partial charge in [-0.25, -0.2) is 0 Å². The highest BCUT2D eigenvalue weighted by molar-refractivity contribution is 5.94. The number of morpholine rings is 1. The Morgan fingerprint density at radius 3 is 2.29 bits per heavy atom. The van der Waals surface area contributed by atoms with Gasteiger partial charge in [-0.3, -0.25) is 9.69 Å². The van der Waals surface area contributed by atoms with Crippen LogP contribution in [0.25, 0.3) is 0 Å². The second-order valence-electron chi connectivity index (χ2n) is 5.94. The number of piperidine rings is 1. The fraction of sp³-hybridized carbons (Fsp3) is 0.588. The van der Waals surface area contributed by atoms with E-state index >= 15 is 0 Å². The van der Waals surface area contributed by atoms with Crippen molar-refractivity contribution in [2.45, 2.75) is 25.8 Å². The summed E-state index contributed by atoms with van der Waals surface area (Å²) in [6.45, 7) is 6.12. The second kappa shape index (κ2) is 7.05. The molecule has 0 unspecified atom stereocenters. The number of rotatable bonds is 3. The summed E-state index contributed by atoms with van der Waals surface area (Å²) in [7, 11) is 0. The molecule has 114 valence electrons. The third-order valence-electron chi connectivity index (χ3n) is 4.35. The van der Waals surface area contributed by atoms with Gasteiger partial charge in [0.2, 0.25) is 0 Å². The lowest BCUT2D eigenvalue weighted by molar-refractivity contribution is 0.0303. The van der Waals surface area contributed by atoms with Crippen LogP contribution in [0.15, 0.2) is 24.3 Å². The van der Waals surface area contributed by atoms with Crippen molar-refractivity contribution in [3.8, 4) is 0 Å². The van der Waals surface area contributed by atoms with E-state index in [1.54, 1.807) is 0 Å². The van der Waals surface area contributed by atoms with E-state index in [2.05, 4.69) is 17.0 Å². The van der Waals surface area contributed by atoms with Gasteiger partial charge in [-0.2, -0.15) is 0 Å². The Hall–Kier alpha value is -1.39. The summed E-state index contributed by atoms with van der Waals surface area (Å²) in [5, 5.41) is 0. The van der Waals surface area contributed by atoms with Crippen LogP contribution in [-0.4, -0.2) is 55.1 Å². The number of amides is 1. The fourth-order valence-electron chi connectivity index (χ4n) is 3.08.